The predicted molar refractivity (Wildman–Crippen MR) is 115 cm³/mol. The van der Waals surface area contributed by atoms with E-state index in [9.17, 15) is 14.4 Å². The molecule has 2 N–H and O–H groups in total. The van der Waals surface area contributed by atoms with Gasteiger partial charge in [-0.3, -0.25) is 10.1 Å². The first kappa shape index (κ1) is 20.9. The zero-order valence-electron chi connectivity index (χ0n) is 16.8. The van der Waals surface area contributed by atoms with Gasteiger partial charge in [0, 0.05) is 11.8 Å². The summed E-state index contributed by atoms with van der Waals surface area (Å²) in [6.45, 7) is 1.42. The predicted octanol–water partition coefficient (Wildman–Crippen LogP) is 3.65. The molecule has 0 spiro atoms. The molecule has 8 nitrogen and oxygen atoms in total. The van der Waals surface area contributed by atoms with E-state index in [1.807, 2.05) is 30.3 Å². The summed E-state index contributed by atoms with van der Waals surface area (Å²) in [5.41, 5.74) is 2.53. The molecular formula is C22H21N3O5S. The highest BCUT2D eigenvalue weighted by atomic mass is 32.2. The van der Waals surface area contributed by atoms with Crippen molar-refractivity contribution in [3.63, 3.8) is 0 Å². The fourth-order valence-corrected chi connectivity index (χ4v) is 3.68. The molecule has 1 aromatic heterocycles. The highest BCUT2D eigenvalue weighted by molar-refractivity contribution is 7.98. The topological polar surface area (TPSA) is 111 Å². The van der Waals surface area contributed by atoms with E-state index in [2.05, 4.69) is 15.6 Å². The molecule has 4 rings (SSSR count). The SMILES string of the molecule is CC(OC(=O)c1ccccc1CSc1nc2ccccc2o1)C(=O)NC(=O)NC1CC1. The second-order valence-corrected chi connectivity index (χ2v) is 8.10. The molecular weight excluding hydrogens is 418 g/mol. The number of carbonyl (C=O) groups is 3. The lowest BCUT2D eigenvalue weighted by Crippen LogP contribution is -2.45. The maximum Gasteiger partial charge on any atom is 0.339 e. The van der Waals surface area contributed by atoms with Gasteiger partial charge in [-0.05, 0) is 43.5 Å². The molecule has 2 aromatic carbocycles. The Kier molecular flexibility index (Phi) is 6.22. The van der Waals surface area contributed by atoms with E-state index < -0.39 is 24.0 Å². The first-order chi connectivity index (χ1) is 15.0. The zero-order chi connectivity index (χ0) is 21.8. The zero-order valence-corrected chi connectivity index (χ0v) is 17.6. The number of imide groups is 1. The van der Waals surface area contributed by atoms with Crippen molar-refractivity contribution in [3.05, 3.63) is 59.7 Å². The van der Waals surface area contributed by atoms with Crippen LogP contribution in [0.4, 0.5) is 4.79 Å². The number of rotatable bonds is 7. The number of urea groups is 1. The third-order valence-electron chi connectivity index (χ3n) is 4.67. The number of hydrogen-bond acceptors (Lipinski definition) is 7. The van der Waals surface area contributed by atoms with Crippen molar-refractivity contribution >= 4 is 40.8 Å². The summed E-state index contributed by atoms with van der Waals surface area (Å²) >= 11 is 1.36. The Morgan fingerprint density at radius 3 is 2.68 bits per heavy atom. The van der Waals surface area contributed by atoms with E-state index in [-0.39, 0.29) is 6.04 Å². The first-order valence-electron chi connectivity index (χ1n) is 9.88. The van der Waals surface area contributed by atoms with Crippen LogP contribution in [0.15, 0.2) is 58.2 Å². The standard InChI is InChI=1S/C22H21N3O5S/c1-13(19(26)25-21(28)23-15-10-11-15)29-20(27)16-7-3-2-6-14(16)12-31-22-24-17-8-4-5-9-18(17)30-22/h2-9,13,15H,10-12H2,1H3,(H2,23,25,26,28). The molecule has 160 valence electrons. The molecule has 9 heteroatoms. The van der Waals surface area contributed by atoms with Crippen LogP contribution >= 0.6 is 11.8 Å². The van der Waals surface area contributed by atoms with Gasteiger partial charge in [0.15, 0.2) is 11.7 Å². The highest BCUT2D eigenvalue weighted by Crippen LogP contribution is 2.27. The van der Waals surface area contributed by atoms with Crippen LogP contribution in [-0.4, -0.2) is 35.0 Å². The van der Waals surface area contributed by atoms with Crippen LogP contribution < -0.4 is 10.6 Å². The lowest BCUT2D eigenvalue weighted by atomic mass is 10.1. The van der Waals surface area contributed by atoms with Gasteiger partial charge >= 0.3 is 12.0 Å². The van der Waals surface area contributed by atoms with Gasteiger partial charge in [-0.2, -0.15) is 0 Å². The Hall–Kier alpha value is -3.33. The van der Waals surface area contributed by atoms with Crippen LogP contribution in [-0.2, 0) is 15.3 Å². The maximum atomic E-state index is 12.7. The summed E-state index contributed by atoms with van der Waals surface area (Å²) in [6.07, 6.45) is 0.699. The number of benzene rings is 2. The fourth-order valence-electron chi connectivity index (χ4n) is 2.84. The molecule has 0 aliphatic heterocycles. The number of thioether (sulfide) groups is 1. The lowest BCUT2D eigenvalue weighted by Gasteiger charge is -2.14. The number of esters is 1. The first-order valence-corrected chi connectivity index (χ1v) is 10.9. The summed E-state index contributed by atoms with van der Waals surface area (Å²) in [6, 6.07) is 14.0. The van der Waals surface area contributed by atoms with Crippen molar-refractivity contribution in [2.45, 2.75) is 42.9 Å². The third kappa shape index (κ3) is 5.43. The molecule has 31 heavy (non-hydrogen) atoms. The minimum Gasteiger partial charge on any atom is -0.449 e. The number of nitrogens with zero attached hydrogens (tertiary/aromatic N) is 1. The number of nitrogens with one attached hydrogen (secondary N) is 2. The van der Waals surface area contributed by atoms with Crippen molar-refractivity contribution in [2.24, 2.45) is 0 Å². The average Bonchev–Trinajstić information content (AvgIpc) is 3.47. The highest BCUT2D eigenvalue weighted by Gasteiger charge is 2.26. The minimum atomic E-state index is -1.12. The van der Waals surface area contributed by atoms with E-state index in [1.165, 1.54) is 18.7 Å². The van der Waals surface area contributed by atoms with E-state index in [1.54, 1.807) is 18.2 Å². The molecule has 0 bridgehead atoms. The monoisotopic (exact) mass is 439 g/mol. The van der Waals surface area contributed by atoms with Crippen LogP contribution in [0, 0.1) is 0 Å². The molecule has 1 atom stereocenters. The molecule has 1 saturated carbocycles. The molecule has 3 aromatic rings. The Balaban J connectivity index is 1.36. The summed E-state index contributed by atoms with van der Waals surface area (Å²) in [4.78, 5) is 40.9. The van der Waals surface area contributed by atoms with Gasteiger partial charge in [0.25, 0.3) is 11.1 Å². The molecule has 1 unspecified atom stereocenters. The maximum absolute atomic E-state index is 12.7. The van der Waals surface area contributed by atoms with Crippen LogP contribution in [0.5, 0.6) is 0 Å². The summed E-state index contributed by atoms with van der Waals surface area (Å²) in [5, 5.41) is 5.34. The molecule has 1 aliphatic rings. The van der Waals surface area contributed by atoms with Crippen molar-refractivity contribution in [1.29, 1.82) is 0 Å². The Morgan fingerprint density at radius 2 is 1.90 bits per heavy atom. The van der Waals surface area contributed by atoms with Crippen LogP contribution in [0.1, 0.15) is 35.7 Å². The van der Waals surface area contributed by atoms with E-state index in [0.717, 1.165) is 23.9 Å². The van der Waals surface area contributed by atoms with E-state index >= 15 is 0 Å². The molecule has 1 aliphatic carbocycles. The summed E-state index contributed by atoms with van der Waals surface area (Å²) in [5.74, 6) is -0.883. The molecule has 1 heterocycles. The fraction of sp³-hybridized carbons (Fsp3) is 0.273. The van der Waals surface area contributed by atoms with Gasteiger partial charge < -0.3 is 14.5 Å². The van der Waals surface area contributed by atoms with Gasteiger partial charge in [0.05, 0.1) is 5.56 Å². The summed E-state index contributed by atoms with van der Waals surface area (Å²) < 4.78 is 11.0. The number of carbonyl (C=O) groups excluding carboxylic acids is 3. The number of amides is 3. The second kappa shape index (κ2) is 9.22. The van der Waals surface area contributed by atoms with Crippen molar-refractivity contribution < 1.29 is 23.5 Å². The molecule has 3 amide bonds. The third-order valence-corrected chi connectivity index (χ3v) is 5.54. The van der Waals surface area contributed by atoms with Gasteiger partial charge in [-0.25, -0.2) is 14.6 Å². The van der Waals surface area contributed by atoms with Crippen LogP contribution in [0.3, 0.4) is 0 Å². The van der Waals surface area contributed by atoms with Gasteiger partial charge in [0.2, 0.25) is 0 Å². The number of ether oxygens (including phenoxy) is 1. The van der Waals surface area contributed by atoms with Gasteiger partial charge in [-0.15, -0.1) is 0 Å². The molecule has 0 saturated heterocycles. The number of fused-ring (bicyclic) bond motifs is 1. The number of hydrogen-bond donors (Lipinski definition) is 2. The minimum absolute atomic E-state index is 0.122. The quantitative estimate of drug-likeness (QED) is 0.427. The number of para-hydroxylation sites is 2. The normalized spacial score (nSPS) is 14.1. The van der Waals surface area contributed by atoms with Crippen LogP contribution in [0.25, 0.3) is 11.1 Å². The van der Waals surface area contributed by atoms with Crippen molar-refractivity contribution in [1.82, 2.24) is 15.6 Å². The van der Waals surface area contributed by atoms with Crippen molar-refractivity contribution in [3.8, 4) is 0 Å². The average molecular weight is 439 g/mol. The lowest BCUT2D eigenvalue weighted by molar-refractivity contribution is -0.127. The Morgan fingerprint density at radius 1 is 1.16 bits per heavy atom. The number of oxazole rings is 1. The summed E-state index contributed by atoms with van der Waals surface area (Å²) in [7, 11) is 0. The van der Waals surface area contributed by atoms with Gasteiger partial charge in [0.1, 0.15) is 5.52 Å². The largest absolute Gasteiger partial charge is 0.449 e. The molecule has 0 radical (unpaired) electrons. The van der Waals surface area contributed by atoms with Crippen LogP contribution in [0.2, 0.25) is 0 Å². The Labute approximate surface area is 182 Å². The Bertz CT molecular complexity index is 1090. The smallest absolute Gasteiger partial charge is 0.339 e. The number of aromatic nitrogens is 1. The van der Waals surface area contributed by atoms with E-state index in [0.29, 0.717) is 22.1 Å². The molecule has 1 fully saturated rings. The van der Waals surface area contributed by atoms with Gasteiger partial charge in [-0.1, -0.05) is 42.1 Å². The van der Waals surface area contributed by atoms with Crippen molar-refractivity contribution in [2.75, 3.05) is 0 Å². The van der Waals surface area contributed by atoms with E-state index in [4.69, 9.17) is 9.15 Å². The second-order valence-electron chi connectivity index (χ2n) is 7.18.